The van der Waals surface area contributed by atoms with Crippen LogP contribution >= 0.6 is 0 Å². The third-order valence-corrected chi connectivity index (χ3v) is 3.82. The van der Waals surface area contributed by atoms with Crippen molar-refractivity contribution in [2.24, 2.45) is 5.92 Å². The van der Waals surface area contributed by atoms with Gasteiger partial charge in [-0.15, -0.1) is 0 Å². The Morgan fingerprint density at radius 1 is 1.71 bits per heavy atom. The van der Waals surface area contributed by atoms with Gasteiger partial charge >= 0.3 is 5.97 Å². The Morgan fingerprint density at radius 3 is 3.00 bits per heavy atom. The normalized spacial score (nSPS) is 37.5. The van der Waals surface area contributed by atoms with Crippen molar-refractivity contribution in [2.45, 2.75) is 45.3 Å². The number of hydrogen-bond donors (Lipinski definition) is 0. The van der Waals surface area contributed by atoms with Gasteiger partial charge in [-0.25, -0.2) is 4.79 Å². The lowest BCUT2D eigenvalue weighted by atomic mass is 9.76. The molecular weight excluding hydrogens is 216 g/mol. The Balaban J connectivity index is 2.14. The minimum absolute atomic E-state index is 0.224. The smallest absolute Gasteiger partial charge is 0.330 e. The summed E-state index contributed by atoms with van der Waals surface area (Å²) in [5, 5.41) is 0. The van der Waals surface area contributed by atoms with E-state index in [1.54, 1.807) is 6.08 Å². The van der Waals surface area contributed by atoms with Crippen LogP contribution in [0.1, 0.15) is 33.6 Å². The predicted molar refractivity (Wildman–Crippen MR) is 65.5 cm³/mol. The number of rotatable bonds is 3. The van der Waals surface area contributed by atoms with Crippen molar-refractivity contribution >= 4 is 5.97 Å². The predicted octanol–water partition coefficient (Wildman–Crippen LogP) is 2.62. The number of fused-ring (bicyclic) bond motifs is 1. The molecule has 0 unspecified atom stereocenters. The van der Waals surface area contributed by atoms with E-state index in [1.165, 1.54) is 0 Å². The van der Waals surface area contributed by atoms with E-state index in [0.29, 0.717) is 12.5 Å². The van der Waals surface area contributed by atoms with E-state index in [9.17, 15) is 4.79 Å². The first-order valence-corrected chi connectivity index (χ1v) is 6.18. The first-order valence-electron chi connectivity index (χ1n) is 6.18. The van der Waals surface area contributed by atoms with Crippen LogP contribution in [-0.2, 0) is 14.3 Å². The molecule has 0 radical (unpaired) electrons. The minimum atomic E-state index is -0.264. The van der Waals surface area contributed by atoms with Crippen molar-refractivity contribution in [3.63, 3.8) is 0 Å². The minimum Gasteiger partial charge on any atom is -0.463 e. The van der Waals surface area contributed by atoms with Crippen LogP contribution in [-0.4, -0.2) is 24.3 Å². The molecule has 3 heteroatoms. The Kier molecular flexibility index (Phi) is 3.13. The molecule has 94 valence electrons. The van der Waals surface area contributed by atoms with Gasteiger partial charge in [0.25, 0.3) is 0 Å². The summed E-state index contributed by atoms with van der Waals surface area (Å²) in [5.41, 5.74) is 2.00. The summed E-state index contributed by atoms with van der Waals surface area (Å²) in [6, 6.07) is 0. The lowest BCUT2D eigenvalue weighted by molar-refractivity contribution is -0.137. The van der Waals surface area contributed by atoms with Crippen LogP contribution in [0, 0.1) is 5.92 Å². The molecule has 17 heavy (non-hydrogen) atoms. The largest absolute Gasteiger partial charge is 0.463 e. The molecule has 1 saturated heterocycles. The summed E-state index contributed by atoms with van der Waals surface area (Å²) >= 11 is 0. The number of carbonyl (C=O) groups is 1. The van der Waals surface area contributed by atoms with Gasteiger partial charge in [-0.3, -0.25) is 0 Å². The molecule has 2 aliphatic rings. The second-order valence-electron chi connectivity index (χ2n) is 5.12. The van der Waals surface area contributed by atoms with Gasteiger partial charge in [0, 0.05) is 6.08 Å². The Bertz CT molecular complexity index is 383. The summed E-state index contributed by atoms with van der Waals surface area (Å²) < 4.78 is 10.7. The third-order valence-electron chi connectivity index (χ3n) is 3.82. The van der Waals surface area contributed by atoms with Crippen LogP contribution in [0.25, 0.3) is 0 Å². The summed E-state index contributed by atoms with van der Waals surface area (Å²) in [7, 11) is 0. The highest BCUT2D eigenvalue weighted by atomic mass is 16.6. The van der Waals surface area contributed by atoms with Gasteiger partial charge in [0.1, 0.15) is 5.60 Å². The molecule has 2 rings (SSSR count). The Morgan fingerprint density at radius 2 is 2.41 bits per heavy atom. The van der Waals surface area contributed by atoms with Crippen LogP contribution < -0.4 is 0 Å². The van der Waals surface area contributed by atoms with Gasteiger partial charge in [0.15, 0.2) is 0 Å². The highest BCUT2D eigenvalue weighted by Crippen LogP contribution is 2.53. The molecule has 0 amide bonds. The van der Waals surface area contributed by atoms with E-state index in [2.05, 4.69) is 13.5 Å². The van der Waals surface area contributed by atoms with Crippen molar-refractivity contribution in [2.75, 3.05) is 6.61 Å². The molecule has 3 nitrogen and oxygen atoms in total. The van der Waals surface area contributed by atoms with E-state index in [0.717, 1.165) is 24.0 Å². The van der Waals surface area contributed by atoms with Crippen LogP contribution in [0.3, 0.4) is 0 Å². The summed E-state index contributed by atoms with van der Waals surface area (Å²) in [5.74, 6) is 0.164. The Labute approximate surface area is 102 Å². The molecule has 1 heterocycles. The van der Waals surface area contributed by atoms with Crippen molar-refractivity contribution in [3.05, 3.63) is 23.8 Å². The quantitative estimate of drug-likeness (QED) is 0.327. The summed E-state index contributed by atoms with van der Waals surface area (Å²) in [6.45, 7) is 10.3. The molecule has 0 aromatic heterocycles. The second-order valence-corrected chi connectivity index (χ2v) is 5.12. The number of allylic oxidation sites excluding steroid dienone is 1. The first kappa shape index (κ1) is 12.4. The number of carbonyl (C=O) groups excluding carboxylic acids is 1. The van der Waals surface area contributed by atoms with Crippen molar-refractivity contribution in [1.29, 1.82) is 0 Å². The van der Waals surface area contributed by atoms with Crippen molar-refractivity contribution in [1.82, 2.24) is 0 Å². The average Bonchev–Trinajstić information content (AvgIpc) is 2.90. The van der Waals surface area contributed by atoms with E-state index in [-0.39, 0.29) is 17.7 Å². The van der Waals surface area contributed by atoms with Crippen LogP contribution in [0.4, 0.5) is 0 Å². The fraction of sp³-hybridized carbons (Fsp3) is 0.643. The molecule has 0 aromatic carbocycles. The number of ether oxygens (including phenoxy) is 2. The molecule has 0 spiro atoms. The van der Waals surface area contributed by atoms with Gasteiger partial charge < -0.3 is 9.47 Å². The molecule has 1 aliphatic heterocycles. The molecule has 0 N–H and O–H groups in total. The van der Waals surface area contributed by atoms with Crippen LogP contribution in [0.2, 0.25) is 0 Å². The highest BCUT2D eigenvalue weighted by Gasteiger charge is 2.58. The molecule has 1 aliphatic carbocycles. The first-order chi connectivity index (χ1) is 7.97. The Hall–Kier alpha value is -1.09. The van der Waals surface area contributed by atoms with E-state index in [4.69, 9.17) is 9.47 Å². The summed E-state index contributed by atoms with van der Waals surface area (Å²) in [4.78, 5) is 11.5. The van der Waals surface area contributed by atoms with E-state index in [1.807, 2.05) is 13.8 Å². The van der Waals surface area contributed by atoms with Crippen molar-refractivity contribution < 1.29 is 14.3 Å². The van der Waals surface area contributed by atoms with E-state index < -0.39 is 0 Å². The van der Waals surface area contributed by atoms with Gasteiger partial charge in [-0.05, 0) is 45.1 Å². The second kappa shape index (κ2) is 4.30. The van der Waals surface area contributed by atoms with Gasteiger partial charge in [0.05, 0.1) is 12.7 Å². The fourth-order valence-electron chi connectivity index (χ4n) is 2.53. The number of hydrogen-bond acceptors (Lipinski definition) is 3. The molecule has 3 atom stereocenters. The standard InChI is InChI=1S/C14H20O3/c1-5-16-13(15)8-11-6-10(9(2)3)7-12-14(11,4)17-12/h8,10,12H,2,5-7H2,1,3-4H3/b11-8+/t10-,12+,14-/m1/s1. The lowest BCUT2D eigenvalue weighted by Crippen LogP contribution is -2.25. The maximum absolute atomic E-state index is 11.5. The number of epoxide rings is 1. The maximum Gasteiger partial charge on any atom is 0.330 e. The highest BCUT2D eigenvalue weighted by molar-refractivity contribution is 5.83. The van der Waals surface area contributed by atoms with Crippen LogP contribution in [0.5, 0.6) is 0 Å². The maximum atomic E-state index is 11.5. The lowest BCUT2D eigenvalue weighted by Gasteiger charge is -2.25. The SMILES string of the molecule is C=C(C)[C@@H]1C/C(=C\C(=O)OCC)[C@@]2(C)O[C@H]2C1. The fourth-order valence-corrected chi connectivity index (χ4v) is 2.53. The molecule has 0 aromatic rings. The van der Waals surface area contributed by atoms with Crippen molar-refractivity contribution in [3.8, 4) is 0 Å². The zero-order valence-corrected chi connectivity index (χ0v) is 10.8. The van der Waals surface area contributed by atoms with Crippen LogP contribution in [0.15, 0.2) is 23.8 Å². The molecular formula is C14H20O3. The zero-order chi connectivity index (χ0) is 12.6. The topological polar surface area (TPSA) is 38.8 Å². The molecule has 0 bridgehead atoms. The number of esters is 1. The monoisotopic (exact) mass is 236 g/mol. The van der Waals surface area contributed by atoms with Gasteiger partial charge in [-0.2, -0.15) is 0 Å². The molecule has 1 saturated carbocycles. The van der Waals surface area contributed by atoms with E-state index >= 15 is 0 Å². The van der Waals surface area contributed by atoms with Gasteiger partial charge in [-0.1, -0.05) is 12.2 Å². The third kappa shape index (κ3) is 2.29. The average molecular weight is 236 g/mol. The zero-order valence-electron chi connectivity index (χ0n) is 10.8. The molecule has 2 fully saturated rings. The van der Waals surface area contributed by atoms with Gasteiger partial charge in [0.2, 0.25) is 0 Å². The summed E-state index contributed by atoms with van der Waals surface area (Å²) in [6.07, 6.45) is 3.74.